The van der Waals surface area contributed by atoms with Crippen LogP contribution in [0.3, 0.4) is 0 Å². The van der Waals surface area contributed by atoms with E-state index in [1.165, 1.54) is 0 Å². The van der Waals surface area contributed by atoms with Gasteiger partial charge in [-0.05, 0) is 26.9 Å². The molecule has 0 amide bonds. The molecule has 92 valence electrons. The van der Waals surface area contributed by atoms with E-state index in [0.29, 0.717) is 12.3 Å². The zero-order chi connectivity index (χ0) is 12.2. The van der Waals surface area contributed by atoms with Gasteiger partial charge in [-0.3, -0.25) is 0 Å². The van der Waals surface area contributed by atoms with Gasteiger partial charge in [0.05, 0.1) is 0 Å². The van der Waals surface area contributed by atoms with E-state index in [9.17, 15) is 8.42 Å². The molecule has 1 heterocycles. The van der Waals surface area contributed by atoms with Gasteiger partial charge in [-0.2, -0.15) is 4.98 Å². The van der Waals surface area contributed by atoms with Gasteiger partial charge in [-0.25, -0.2) is 8.42 Å². The molecule has 1 unspecified atom stereocenters. The first-order chi connectivity index (χ1) is 7.45. The summed E-state index contributed by atoms with van der Waals surface area (Å²) >= 11 is 0. The Hall–Kier alpha value is -0.950. The van der Waals surface area contributed by atoms with Crippen molar-refractivity contribution in [3.8, 4) is 0 Å². The van der Waals surface area contributed by atoms with Crippen molar-refractivity contribution in [1.29, 1.82) is 0 Å². The number of aromatic nitrogens is 2. The lowest BCUT2D eigenvalue weighted by molar-refractivity contribution is 0.369. The van der Waals surface area contributed by atoms with E-state index < -0.39 is 15.1 Å². The highest BCUT2D eigenvalue weighted by Crippen LogP contribution is 2.17. The van der Waals surface area contributed by atoms with Gasteiger partial charge < -0.3 is 9.84 Å². The Morgan fingerprint density at radius 3 is 2.75 bits per heavy atom. The Morgan fingerprint density at radius 2 is 2.19 bits per heavy atom. The van der Waals surface area contributed by atoms with Gasteiger partial charge in [0, 0.05) is 12.7 Å². The van der Waals surface area contributed by atoms with Crippen molar-refractivity contribution in [2.24, 2.45) is 0 Å². The summed E-state index contributed by atoms with van der Waals surface area (Å²) in [6, 6.07) is 0. The van der Waals surface area contributed by atoms with E-state index in [1.807, 2.05) is 7.05 Å². The summed E-state index contributed by atoms with van der Waals surface area (Å²) in [5.41, 5.74) is 0. The highest BCUT2D eigenvalue weighted by atomic mass is 32.2. The molecule has 1 aromatic heterocycles. The topological polar surface area (TPSA) is 85.1 Å². The average molecular weight is 247 g/mol. The standard InChI is InChI=1S/C9H17N3O3S/c1-7(16(3,13)14)9-11-8(15-12-9)5-4-6-10-2/h7,10H,4-6H2,1-3H3. The largest absolute Gasteiger partial charge is 0.339 e. The number of hydrogen-bond donors (Lipinski definition) is 1. The summed E-state index contributed by atoms with van der Waals surface area (Å²) in [5.74, 6) is 0.725. The van der Waals surface area contributed by atoms with Crippen molar-refractivity contribution in [1.82, 2.24) is 15.5 Å². The lowest BCUT2D eigenvalue weighted by atomic mass is 10.3. The summed E-state index contributed by atoms with van der Waals surface area (Å²) in [5, 5.41) is 5.97. The summed E-state index contributed by atoms with van der Waals surface area (Å²) in [6.07, 6.45) is 2.70. The SMILES string of the molecule is CNCCCc1nc(C(C)S(C)(=O)=O)no1. The molecule has 16 heavy (non-hydrogen) atoms. The molecule has 7 heteroatoms. The van der Waals surface area contributed by atoms with Gasteiger partial charge in [0.2, 0.25) is 5.89 Å². The molecule has 0 spiro atoms. The Kier molecular flexibility index (Phi) is 4.43. The van der Waals surface area contributed by atoms with Crippen molar-refractivity contribution in [2.75, 3.05) is 19.8 Å². The molecule has 0 bridgehead atoms. The smallest absolute Gasteiger partial charge is 0.226 e. The number of aryl methyl sites for hydroxylation is 1. The predicted octanol–water partition coefficient (Wildman–Crippen LogP) is 0.327. The monoisotopic (exact) mass is 247 g/mol. The van der Waals surface area contributed by atoms with E-state index in [-0.39, 0.29) is 5.82 Å². The molecule has 1 rings (SSSR count). The molecular formula is C9H17N3O3S. The van der Waals surface area contributed by atoms with E-state index in [1.54, 1.807) is 6.92 Å². The maximum Gasteiger partial charge on any atom is 0.226 e. The minimum atomic E-state index is -3.17. The number of nitrogens with zero attached hydrogens (tertiary/aromatic N) is 2. The minimum absolute atomic E-state index is 0.238. The fourth-order valence-electron chi connectivity index (χ4n) is 1.14. The third-order valence-electron chi connectivity index (χ3n) is 2.31. The quantitative estimate of drug-likeness (QED) is 0.729. The lowest BCUT2D eigenvalue weighted by Gasteiger charge is -2.01. The van der Waals surface area contributed by atoms with Gasteiger partial charge in [-0.1, -0.05) is 5.16 Å². The molecule has 1 atom stereocenters. The predicted molar refractivity (Wildman–Crippen MR) is 59.8 cm³/mol. The summed E-state index contributed by atoms with van der Waals surface area (Å²) in [4.78, 5) is 4.06. The van der Waals surface area contributed by atoms with Crippen LogP contribution >= 0.6 is 0 Å². The van der Waals surface area contributed by atoms with Crippen LogP contribution in [-0.4, -0.2) is 38.4 Å². The summed E-state index contributed by atoms with van der Waals surface area (Å²) < 4.78 is 27.5. The van der Waals surface area contributed by atoms with Crippen LogP contribution in [0.1, 0.15) is 30.3 Å². The molecule has 1 aromatic rings. The molecule has 1 N–H and O–H groups in total. The molecule has 0 saturated heterocycles. The number of sulfone groups is 1. The van der Waals surface area contributed by atoms with E-state index in [0.717, 1.165) is 19.2 Å². The zero-order valence-corrected chi connectivity index (χ0v) is 10.5. The van der Waals surface area contributed by atoms with E-state index >= 15 is 0 Å². The second-order valence-electron chi connectivity index (χ2n) is 3.73. The Balaban J connectivity index is 2.64. The first-order valence-corrected chi connectivity index (χ1v) is 7.06. The molecule has 0 aliphatic carbocycles. The van der Waals surface area contributed by atoms with Crippen LogP contribution < -0.4 is 5.32 Å². The van der Waals surface area contributed by atoms with Crippen molar-refractivity contribution >= 4 is 9.84 Å². The second kappa shape index (κ2) is 5.40. The zero-order valence-electron chi connectivity index (χ0n) is 9.73. The van der Waals surface area contributed by atoms with Crippen LogP contribution in [0.4, 0.5) is 0 Å². The van der Waals surface area contributed by atoms with E-state index in [4.69, 9.17) is 4.52 Å². The maximum atomic E-state index is 11.3. The van der Waals surface area contributed by atoms with Gasteiger partial charge in [0.15, 0.2) is 15.7 Å². The van der Waals surface area contributed by atoms with Crippen molar-refractivity contribution in [3.05, 3.63) is 11.7 Å². The van der Waals surface area contributed by atoms with Gasteiger partial charge in [-0.15, -0.1) is 0 Å². The fourth-order valence-corrected chi connectivity index (χ4v) is 1.62. The first-order valence-electron chi connectivity index (χ1n) is 5.11. The Morgan fingerprint density at radius 1 is 1.50 bits per heavy atom. The normalized spacial score (nSPS) is 13.9. The Bertz CT molecular complexity index is 427. The number of rotatable bonds is 6. The molecule has 0 radical (unpaired) electrons. The Labute approximate surface area is 95.3 Å². The molecule has 0 saturated carbocycles. The number of nitrogens with one attached hydrogen (secondary N) is 1. The molecule has 0 fully saturated rings. The van der Waals surface area contributed by atoms with Crippen LogP contribution in [0.25, 0.3) is 0 Å². The van der Waals surface area contributed by atoms with Crippen LogP contribution in [0, 0.1) is 0 Å². The molecule has 6 nitrogen and oxygen atoms in total. The van der Waals surface area contributed by atoms with Gasteiger partial charge in [0.25, 0.3) is 0 Å². The summed E-state index contributed by atoms with van der Waals surface area (Å²) in [6.45, 7) is 2.41. The second-order valence-corrected chi connectivity index (χ2v) is 6.09. The van der Waals surface area contributed by atoms with Crippen LogP contribution in [0.2, 0.25) is 0 Å². The average Bonchev–Trinajstić information content (AvgIpc) is 2.64. The van der Waals surface area contributed by atoms with Gasteiger partial charge >= 0.3 is 0 Å². The molecule has 0 aliphatic heterocycles. The van der Waals surface area contributed by atoms with Crippen molar-refractivity contribution in [2.45, 2.75) is 25.0 Å². The maximum absolute atomic E-state index is 11.3. The van der Waals surface area contributed by atoms with Crippen molar-refractivity contribution in [3.63, 3.8) is 0 Å². The number of hydrogen-bond acceptors (Lipinski definition) is 6. The van der Waals surface area contributed by atoms with Crippen molar-refractivity contribution < 1.29 is 12.9 Å². The third-order valence-corrected chi connectivity index (χ3v) is 3.80. The van der Waals surface area contributed by atoms with Crippen LogP contribution in [0.15, 0.2) is 4.52 Å². The highest BCUT2D eigenvalue weighted by molar-refractivity contribution is 7.90. The summed E-state index contributed by atoms with van der Waals surface area (Å²) in [7, 11) is -1.30. The first kappa shape index (κ1) is 13.1. The fraction of sp³-hybridized carbons (Fsp3) is 0.778. The lowest BCUT2D eigenvalue weighted by Crippen LogP contribution is -2.10. The van der Waals surface area contributed by atoms with Gasteiger partial charge in [0.1, 0.15) is 5.25 Å². The molecular weight excluding hydrogens is 230 g/mol. The van der Waals surface area contributed by atoms with E-state index in [2.05, 4.69) is 15.5 Å². The molecule has 0 aromatic carbocycles. The third kappa shape index (κ3) is 3.57. The molecule has 0 aliphatic rings. The van der Waals surface area contributed by atoms with Crippen LogP contribution in [0.5, 0.6) is 0 Å². The van der Waals surface area contributed by atoms with Crippen LogP contribution in [-0.2, 0) is 16.3 Å². The minimum Gasteiger partial charge on any atom is -0.339 e. The highest BCUT2D eigenvalue weighted by Gasteiger charge is 2.22.